The van der Waals surface area contributed by atoms with Gasteiger partial charge < -0.3 is 13.9 Å². The third kappa shape index (κ3) is 5.85. The van der Waals surface area contributed by atoms with Crippen molar-refractivity contribution in [3.05, 3.63) is 123 Å². The normalized spacial score (nSPS) is 11.0. The molecule has 8 heteroatoms. The Hall–Kier alpha value is -4.21. The summed E-state index contributed by atoms with van der Waals surface area (Å²) in [5, 5.41) is 11.5. The minimum atomic E-state index is 0.169. The van der Waals surface area contributed by atoms with E-state index in [2.05, 4.69) is 11.1 Å². The first-order valence-electron chi connectivity index (χ1n) is 12.1. The average molecular weight is 588 g/mol. The monoisotopic (exact) mass is 586 g/mol. The maximum atomic E-state index is 10.1. The molecule has 5 nitrogen and oxygen atoms in total. The summed E-state index contributed by atoms with van der Waals surface area (Å²) in [5.74, 6) is 1.53. The summed E-state index contributed by atoms with van der Waals surface area (Å²) < 4.78 is 17.7. The number of hydrogen-bond acceptors (Lipinski definition) is 5. The zero-order valence-electron chi connectivity index (χ0n) is 21.2. The smallest absolute Gasteiger partial charge is 0.238 e. The van der Waals surface area contributed by atoms with E-state index in [-0.39, 0.29) is 12.5 Å². The third-order valence-corrected chi connectivity index (χ3v) is 6.94. The lowest BCUT2D eigenvalue weighted by atomic mass is 9.98. The summed E-state index contributed by atoms with van der Waals surface area (Å²) >= 11 is 18.8. The molecule has 1 heterocycles. The van der Waals surface area contributed by atoms with Gasteiger partial charge in [-0.05, 0) is 35.4 Å². The minimum Gasteiger partial charge on any atom is -0.493 e. The summed E-state index contributed by atoms with van der Waals surface area (Å²) in [6, 6.07) is 30.1. The van der Waals surface area contributed by atoms with Crippen LogP contribution in [0.5, 0.6) is 11.5 Å². The van der Waals surface area contributed by atoms with Crippen molar-refractivity contribution in [3.63, 3.8) is 0 Å². The van der Waals surface area contributed by atoms with Gasteiger partial charge in [-0.1, -0.05) is 102 Å². The summed E-state index contributed by atoms with van der Waals surface area (Å²) in [7, 11) is 1.52. The van der Waals surface area contributed by atoms with E-state index in [1.807, 2.05) is 60.7 Å². The first kappa shape index (κ1) is 27.4. The molecule has 40 heavy (non-hydrogen) atoms. The molecule has 0 bridgehead atoms. The van der Waals surface area contributed by atoms with Crippen LogP contribution in [-0.2, 0) is 6.61 Å². The molecule has 0 aliphatic heterocycles. The predicted molar refractivity (Wildman–Crippen MR) is 160 cm³/mol. The fraction of sp³-hybridized carbons (Fsp3) is 0.0625. The number of hydrogen-bond donors (Lipinski definition) is 0. The lowest BCUT2D eigenvalue weighted by Crippen LogP contribution is -2.00. The zero-order valence-corrected chi connectivity index (χ0v) is 23.5. The summed E-state index contributed by atoms with van der Waals surface area (Å²) in [6.07, 6.45) is 1.57. The number of nitriles is 1. The number of methoxy groups -OCH3 is 1. The van der Waals surface area contributed by atoms with Gasteiger partial charge in [-0.3, -0.25) is 0 Å². The second kappa shape index (κ2) is 12.3. The van der Waals surface area contributed by atoms with Crippen LogP contribution < -0.4 is 9.47 Å². The molecule has 5 rings (SSSR count). The average Bonchev–Trinajstić information content (AvgIpc) is 3.35. The van der Waals surface area contributed by atoms with Crippen LogP contribution in [0.3, 0.4) is 0 Å². The van der Waals surface area contributed by atoms with Crippen molar-refractivity contribution in [2.24, 2.45) is 4.99 Å². The van der Waals surface area contributed by atoms with Crippen LogP contribution >= 0.6 is 34.8 Å². The number of nitrogens with zero attached hydrogens (tertiary/aromatic N) is 2. The Morgan fingerprint density at radius 1 is 0.875 bits per heavy atom. The third-order valence-electron chi connectivity index (χ3n) is 6.07. The van der Waals surface area contributed by atoms with Gasteiger partial charge in [0.05, 0.1) is 12.1 Å². The zero-order chi connectivity index (χ0) is 28.1. The van der Waals surface area contributed by atoms with Gasteiger partial charge in [0.2, 0.25) is 5.88 Å². The molecule has 0 aliphatic rings. The van der Waals surface area contributed by atoms with Crippen molar-refractivity contribution >= 4 is 46.9 Å². The molecule has 0 atom stereocenters. The van der Waals surface area contributed by atoms with E-state index in [9.17, 15) is 5.26 Å². The van der Waals surface area contributed by atoms with Crippen LogP contribution in [-0.4, -0.2) is 13.3 Å². The summed E-state index contributed by atoms with van der Waals surface area (Å²) in [5.41, 5.74) is 4.09. The maximum Gasteiger partial charge on any atom is 0.238 e. The van der Waals surface area contributed by atoms with Crippen molar-refractivity contribution < 1.29 is 13.9 Å². The quantitative estimate of drug-likeness (QED) is 0.169. The molecule has 0 N–H and O–H groups in total. The number of furan rings is 1. The van der Waals surface area contributed by atoms with Crippen LogP contribution in [0.1, 0.15) is 16.7 Å². The fourth-order valence-electron chi connectivity index (χ4n) is 4.16. The van der Waals surface area contributed by atoms with Crippen molar-refractivity contribution in [2.75, 3.05) is 7.11 Å². The summed E-state index contributed by atoms with van der Waals surface area (Å²) in [6.45, 7) is 0.169. The molecule has 0 fully saturated rings. The van der Waals surface area contributed by atoms with Gasteiger partial charge in [0.25, 0.3) is 0 Å². The Balaban J connectivity index is 1.49. The molecular weight excluding hydrogens is 567 g/mol. The molecule has 198 valence electrons. The van der Waals surface area contributed by atoms with Crippen LogP contribution in [0.2, 0.25) is 15.1 Å². The first-order chi connectivity index (χ1) is 19.5. The number of ether oxygens (including phenoxy) is 2. The van der Waals surface area contributed by atoms with Crippen molar-refractivity contribution in [1.29, 1.82) is 5.26 Å². The SMILES string of the molecule is COc1cc(C=Nc2oc(-c3ccccc3)c(-c3ccccc3)c2C#N)cc(Cl)c1OCc1ccc(Cl)cc1Cl. The van der Waals surface area contributed by atoms with Crippen molar-refractivity contribution in [2.45, 2.75) is 6.61 Å². The highest BCUT2D eigenvalue weighted by atomic mass is 35.5. The van der Waals surface area contributed by atoms with Crippen molar-refractivity contribution in [1.82, 2.24) is 0 Å². The largest absolute Gasteiger partial charge is 0.493 e. The van der Waals surface area contributed by atoms with E-state index in [4.69, 9.17) is 48.7 Å². The molecule has 5 aromatic rings. The Morgan fingerprint density at radius 2 is 1.57 bits per heavy atom. The lowest BCUT2D eigenvalue weighted by Gasteiger charge is -2.14. The lowest BCUT2D eigenvalue weighted by molar-refractivity contribution is 0.285. The number of halogens is 3. The number of aliphatic imine (C=N–C) groups is 1. The van der Waals surface area contributed by atoms with E-state index in [1.54, 1.807) is 36.5 Å². The van der Waals surface area contributed by atoms with Crippen LogP contribution in [0.25, 0.3) is 22.5 Å². The maximum absolute atomic E-state index is 10.1. The molecule has 0 aliphatic carbocycles. The highest BCUT2D eigenvalue weighted by Gasteiger charge is 2.22. The summed E-state index contributed by atoms with van der Waals surface area (Å²) in [4.78, 5) is 4.54. The van der Waals surface area contributed by atoms with Gasteiger partial charge in [0.1, 0.15) is 24.0 Å². The van der Waals surface area contributed by atoms with Gasteiger partial charge >= 0.3 is 0 Å². The molecule has 0 saturated carbocycles. The molecule has 0 amide bonds. The van der Waals surface area contributed by atoms with Gasteiger partial charge in [-0.15, -0.1) is 0 Å². The Labute approximate surface area is 246 Å². The van der Waals surface area contributed by atoms with Crippen LogP contribution in [0, 0.1) is 11.3 Å². The second-order valence-corrected chi connectivity index (χ2v) is 9.90. The Kier molecular flexibility index (Phi) is 8.42. The molecule has 4 aromatic carbocycles. The highest BCUT2D eigenvalue weighted by molar-refractivity contribution is 6.35. The Bertz CT molecular complexity index is 1730. The fourth-order valence-corrected chi connectivity index (χ4v) is 4.90. The van der Waals surface area contributed by atoms with Gasteiger partial charge in [-0.25, -0.2) is 4.99 Å². The van der Waals surface area contributed by atoms with Gasteiger partial charge in [-0.2, -0.15) is 5.26 Å². The molecular formula is C32H21Cl3N2O3. The van der Waals surface area contributed by atoms with E-state index < -0.39 is 0 Å². The highest BCUT2D eigenvalue weighted by Crippen LogP contribution is 2.43. The van der Waals surface area contributed by atoms with E-state index >= 15 is 0 Å². The number of rotatable bonds is 8. The van der Waals surface area contributed by atoms with E-state index in [0.29, 0.717) is 49.0 Å². The molecule has 1 aromatic heterocycles. The molecule has 0 spiro atoms. The number of benzene rings is 4. The standard InChI is InChI=1S/C32H21Cl3N2O3/c1-38-28-15-20(14-27(35)31(28)39-19-23-12-13-24(33)16-26(23)34)18-37-32-25(17-36)29(21-8-4-2-5-9-21)30(40-32)22-10-6-3-7-11-22/h2-16,18H,19H2,1H3. The molecule has 0 unspecified atom stereocenters. The van der Waals surface area contributed by atoms with Crippen LogP contribution in [0.4, 0.5) is 5.88 Å². The molecule has 0 radical (unpaired) electrons. The first-order valence-corrected chi connectivity index (χ1v) is 13.3. The predicted octanol–water partition coefficient (Wildman–Crippen LogP) is 9.78. The Morgan fingerprint density at radius 3 is 2.23 bits per heavy atom. The van der Waals surface area contributed by atoms with Crippen molar-refractivity contribution in [3.8, 4) is 40.0 Å². The second-order valence-electron chi connectivity index (χ2n) is 8.65. The van der Waals surface area contributed by atoms with Gasteiger partial charge in [0, 0.05) is 33.0 Å². The van der Waals surface area contributed by atoms with E-state index in [1.165, 1.54) is 7.11 Å². The molecule has 0 saturated heterocycles. The topological polar surface area (TPSA) is 67.8 Å². The van der Waals surface area contributed by atoms with Crippen LogP contribution in [0.15, 0.2) is 100 Å². The van der Waals surface area contributed by atoms with Gasteiger partial charge in [0.15, 0.2) is 11.5 Å². The minimum absolute atomic E-state index is 0.169. The van der Waals surface area contributed by atoms with E-state index in [0.717, 1.165) is 16.7 Å².